The number of nitrogens with zero attached hydrogens (tertiary/aromatic N) is 2. The van der Waals surface area contributed by atoms with Crippen LogP contribution in [-0.4, -0.2) is 38.5 Å². The summed E-state index contributed by atoms with van der Waals surface area (Å²) < 4.78 is 0.745. The molecule has 0 saturated heterocycles. The van der Waals surface area contributed by atoms with Gasteiger partial charge in [0.15, 0.2) is 15.9 Å². The molecule has 2 heterocycles. The molecule has 0 amide bonds. The molecule has 2 aromatic heterocycles. The van der Waals surface area contributed by atoms with E-state index >= 15 is 0 Å². The fourth-order valence-corrected chi connectivity index (χ4v) is 4.44. The maximum Gasteiger partial charge on any atom is 0.206 e. The molecule has 1 atom stereocenters. The van der Waals surface area contributed by atoms with Gasteiger partial charge >= 0.3 is 0 Å². The first-order valence-corrected chi connectivity index (χ1v) is 9.03. The molecule has 0 fully saturated rings. The molecular formula is C15H20N4O2S2. The van der Waals surface area contributed by atoms with Crippen LogP contribution < -0.4 is 5.32 Å². The minimum Gasteiger partial charge on any atom is -0.360 e. The van der Waals surface area contributed by atoms with Crippen LogP contribution in [0.15, 0.2) is 4.34 Å². The molecule has 2 aromatic rings. The molecule has 8 heteroatoms. The second kappa shape index (κ2) is 7.27. The van der Waals surface area contributed by atoms with Gasteiger partial charge in [0.05, 0.1) is 10.9 Å². The van der Waals surface area contributed by atoms with Crippen LogP contribution in [0, 0.1) is 13.8 Å². The van der Waals surface area contributed by atoms with Crippen LogP contribution in [0.1, 0.15) is 52.9 Å². The number of ketones is 2. The zero-order valence-corrected chi connectivity index (χ0v) is 15.4. The molecule has 2 rings (SSSR count). The van der Waals surface area contributed by atoms with E-state index in [1.807, 2.05) is 20.8 Å². The number of thioether (sulfide) groups is 1. The smallest absolute Gasteiger partial charge is 0.206 e. The lowest BCUT2D eigenvalue weighted by Crippen LogP contribution is -2.15. The van der Waals surface area contributed by atoms with Crippen molar-refractivity contribution in [3.63, 3.8) is 0 Å². The molecule has 0 aliphatic rings. The van der Waals surface area contributed by atoms with Gasteiger partial charge in [-0.25, -0.2) is 0 Å². The first-order chi connectivity index (χ1) is 10.8. The fraction of sp³-hybridized carbons (Fsp3) is 0.467. The van der Waals surface area contributed by atoms with Gasteiger partial charge in [-0.1, -0.05) is 23.1 Å². The van der Waals surface area contributed by atoms with Gasteiger partial charge in [0.25, 0.3) is 0 Å². The number of anilines is 1. The Kier molecular flexibility index (Phi) is 5.59. The first kappa shape index (κ1) is 17.7. The minimum absolute atomic E-state index is 0.0324. The lowest BCUT2D eigenvalue weighted by Gasteiger charge is -2.07. The van der Waals surface area contributed by atoms with Crippen molar-refractivity contribution in [2.45, 2.75) is 44.2 Å². The Hall–Kier alpha value is -1.67. The van der Waals surface area contributed by atoms with Gasteiger partial charge < -0.3 is 10.3 Å². The summed E-state index contributed by atoms with van der Waals surface area (Å²) >= 11 is 2.80. The summed E-state index contributed by atoms with van der Waals surface area (Å²) in [4.78, 5) is 27.4. The predicted molar refractivity (Wildman–Crippen MR) is 94.0 cm³/mol. The molecular weight excluding hydrogens is 332 g/mol. The molecule has 0 aliphatic heterocycles. The maximum absolute atomic E-state index is 12.7. The van der Waals surface area contributed by atoms with E-state index in [0.717, 1.165) is 27.3 Å². The van der Waals surface area contributed by atoms with Crippen molar-refractivity contribution in [3.8, 4) is 0 Å². The number of carbonyl (C=O) groups is 2. The molecule has 0 radical (unpaired) electrons. The average Bonchev–Trinajstić information content (AvgIpc) is 3.02. The number of H-pyrrole nitrogens is 1. The molecule has 0 aliphatic carbocycles. The SMILES string of the molecule is CCNc1nnc(SC(C)C(=O)c2[nH]c(C)c(C(C)=O)c2C)s1. The zero-order valence-electron chi connectivity index (χ0n) is 13.8. The van der Waals surface area contributed by atoms with Crippen LogP contribution in [0.3, 0.4) is 0 Å². The highest BCUT2D eigenvalue weighted by Gasteiger charge is 2.25. The predicted octanol–water partition coefficient (Wildman–Crippen LogP) is 3.48. The van der Waals surface area contributed by atoms with Crippen molar-refractivity contribution in [1.29, 1.82) is 0 Å². The Morgan fingerprint density at radius 3 is 2.61 bits per heavy atom. The molecule has 23 heavy (non-hydrogen) atoms. The van der Waals surface area contributed by atoms with Gasteiger partial charge in [-0.2, -0.15) is 0 Å². The summed E-state index contributed by atoms with van der Waals surface area (Å²) in [6, 6.07) is 0. The highest BCUT2D eigenvalue weighted by atomic mass is 32.2. The van der Waals surface area contributed by atoms with E-state index in [9.17, 15) is 9.59 Å². The molecule has 124 valence electrons. The Bertz CT molecular complexity index is 736. The van der Waals surface area contributed by atoms with E-state index < -0.39 is 0 Å². The third-order valence-corrected chi connectivity index (χ3v) is 5.48. The number of nitrogens with one attached hydrogen (secondary N) is 2. The highest BCUT2D eigenvalue weighted by Crippen LogP contribution is 2.31. The highest BCUT2D eigenvalue weighted by molar-refractivity contribution is 8.02. The monoisotopic (exact) mass is 352 g/mol. The Morgan fingerprint density at radius 1 is 1.35 bits per heavy atom. The Labute approximate surface area is 143 Å². The quantitative estimate of drug-likeness (QED) is 0.586. The molecule has 1 unspecified atom stereocenters. The van der Waals surface area contributed by atoms with Crippen molar-refractivity contribution >= 4 is 39.8 Å². The van der Waals surface area contributed by atoms with Crippen LogP contribution >= 0.6 is 23.1 Å². The van der Waals surface area contributed by atoms with E-state index in [1.54, 1.807) is 6.92 Å². The summed E-state index contributed by atoms with van der Waals surface area (Å²) in [5.41, 5.74) is 2.57. The summed E-state index contributed by atoms with van der Waals surface area (Å²) in [7, 11) is 0. The topological polar surface area (TPSA) is 87.7 Å². The van der Waals surface area contributed by atoms with E-state index in [1.165, 1.54) is 30.0 Å². The van der Waals surface area contributed by atoms with Crippen LogP contribution in [0.25, 0.3) is 0 Å². The summed E-state index contributed by atoms with van der Waals surface area (Å²) in [6.45, 7) is 9.74. The zero-order chi connectivity index (χ0) is 17.1. The number of hydrogen-bond acceptors (Lipinski definition) is 7. The second-order valence-electron chi connectivity index (χ2n) is 5.21. The Balaban J connectivity index is 2.16. The number of hydrogen-bond donors (Lipinski definition) is 2. The molecule has 0 spiro atoms. The second-order valence-corrected chi connectivity index (χ2v) is 7.77. The lowest BCUT2D eigenvalue weighted by atomic mass is 10.0. The molecule has 2 N–H and O–H groups in total. The minimum atomic E-state index is -0.311. The Morgan fingerprint density at radius 2 is 2.04 bits per heavy atom. The van der Waals surface area contributed by atoms with Crippen LogP contribution in [0.4, 0.5) is 5.13 Å². The number of aromatic nitrogens is 3. The van der Waals surface area contributed by atoms with E-state index in [4.69, 9.17) is 0 Å². The van der Waals surface area contributed by atoms with Crippen molar-refractivity contribution in [3.05, 3.63) is 22.5 Å². The number of rotatable bonds is 7. The standard InChI is InChI=1S/C15H20N4O2S2/c1-6-16-14-18-19-15(23-14)22-10(5)13(21)12-7(2)11(9(4)20)8(3)17-12/h10,17H,6H2,1-5H3,(H,16,18). The average molecular weight is 352 g/mol. The van der Waals surface area contributed by atoms with Gasteiger partial charge in [0.1, 0.15) is 0 Å². The largest absolute Gasteiger partial charge is 0.360 e. The molecule has 0 saturated carbocycles. The van der Waals surface area contributed by atoms with Gasteiger partial charge in [-0.15, -0.1) is 10.2 Å². The van der Waals surface area contributed by atoms with Gasteiger partial charge in [0, 0.05) is 17.8 Å². The molecule has 0 bridgehead atoms. The van der Waals surface area contributed by atoms with Crippen LogP contribution in [0.2, 0.25) is 0 Å². The van der Waals surface area contributed by atoms with Crippen molar-refractivity contribution in [1.82, 2.24) is 15.2 Å². The van der Waals surface area contributed by atoms with Crippen molar-refractivity contribution < 1.29 is 9.59 Å². The molecule has 6 nitrogen and oxygen atoms in total. The van der Waals surface area contributed by atoms with Gasteiger partial charge in [0.2, 0.25) is 5.13 Å². The van der Waals surface area contributed by atoms with E-state index in [0.29, 0.717) is 11.3 Å². The summed E-state index contributed by atoms with van der Waals surface area (Å²) in [5, 5.41) is 11.6. The maximum atomic E-state index is 12.7. The number of Topliss-reactive ketones (excluding diaryl/α,β-unsaturated/α-hetero) is 2. The number of aromatic amines is 1. The van der Waals surface area contributed by atoms with Crippen molar-refractivity contribution in [2.75, 3.05) is 11.9 Å². The molecule has 0 aromatic carbocycles. The third-order valence-electron chi connectivity index (χ3n) is 3.42. The van der Waals surface area contributed by atoms with Crippen LogP contribution in [0.5, 0.6) is 0 Å². The van der Waals surface area contributed by atoms with E-state index in [2.05, 4.69) is 20.5 Å². The number of carbonyl (C=O) groups excluding carboxylic acids is 2. The van der Waals surface area contributed by atoms with Gasteiger partial charge in [-0.3, -0.25) is 9.59 Å². The lowest BCUT2D eigenvalue weighted by molar-refractivity contribution is 0.0988. The summed E-state index contributed by atoms with van der Waals surface area (Å²) in [6.07, 6.45) is 0. The normalized spacial score (nSPS) is 12.2. The van der Waals surface area contributed by atoms with Gasteiger partial charge in [-0.05, 0) is 40.2 Å². The number of aryl methyl sites for hydroxylation is 1. The van der Waals surface area contributed by atoms with Crippen LogP contribution in [-0.2, 0) is 0 Å². The first-order valence-electron chi connectivity index (χ1n) is 7.33. The third kappa shape index (κ3) is 3.81. The van der Waals surface area contributed by atoms with Crippen molar-refractivity contribution in [2.24, 2.45) is 0 Å². The van der Waals surface area contributed by atoms with E-state index in [-0.39, 0.29) is 16.8 Å². The fourth-order valence-electron chi connectivity index (χ4n) is 2.41. The summed E-state index contributed by atoms with van der Waals surface area (Å²) in [5.74, 6) is -0.0710.